The summed E-state index contributed by atoms with van der Waals surface area (Å²) in [4.78, 5) is 0. The van der Waals surface area contributed by atoms with Crippen LogP contribution in [0.5, 0.6) is 0 Å². The molecular weight excluding hydrogens is 162 g/mol. The summed E-state index contributed by atoms with van der Waals surface area (Å²) >= 11 is 0. The summed E-state index contributed by atoms with van der Waals surface area (Å²) < 4.78 is 5.31. The molecule has 0 radical (unpaired) electrons. The molecular formula is C11H15NO. The molecule has 2 heteroatoms. The van der Waals surface area contributed by atoms with Crippen LogP contribution >= 0.6 is 0 Å². The second-order valence-electron chi connectivity index (χ2n) is 2.69. The Morgan fingerprint density at radius 2 is 2.31 bits per heavy atom. The smallest absolute Gasteiger partial charge is 0.119 e. The van der Waals surface area contributed by atoms with E-state index in [1.165, 1.54) is 0 Å². The highest BCUT2D eigenvalue weighted by Gasteiger charge is 1.98. The maximum Gasteiger partial charge on any atom is 0.119 e. The third-order valence-electron chi connectivity index (χ3n) is 1.79. The fourth-order valence-electron chi connectivity index (χ4n) is 1.11. The van der Waals surface area contributed by atoms with Crippen LogP contribution in [0.1, 0.15) is 12.5 Å². The van der Waals surface area contributed by atoms with Crippen LogP contribution in [0.15, 0.2) is 30.8 Å². The monoisotopic (exact) mass is 177 g/mol. The van der Waals surface area contributed by atoms with Gasteiger partial charge in [0.15, 0.2) is 0 Å². The summed E-state index contributed by atoms with van der Waals surface area (Å²) in [6, 6.07) is 7.98. The lowest BCUT2D eigenvalue weighted by Gasteiger charge is -2.08. The van der Waals surface area contributed by atoms with Crippen LogP contribution in [0.3, 0.4) is 0 Å². The average Bonchev–Trinajstić information content (AvgIpc) is 2.18. The topological polar surface area (TPSA) is 21.3 Å². The molecule has 70 valence electrons. The van der Waals surface area contributed by atoms with Gasteiger partial charge in [0.25, 0.3) is 0 Å². The molecule has 0 spiro atoms. The van der Waals surface area contributed by atoms with Crippen molar-refractivity contribution in [3.05, 3.63) is 36.4 Å². The lowest BCUT2D eigenvalue weighted by molar-refractivity contribution is 0.299. The molecule has 1 aromatic carbocycles. The van der Waals surface area contributed by atoms with Gasteiger partial charge in [-0.3, -0.25) is 0 Å². The van der Waals surface area contributed by atoms with Gasteiger partial charge in [-0.15, -0.1) is 0 Å². The normalized spacial score (nSPS) is 9.38. The lowest BCUT2D eigenvalue weighted by atomic mass is 10.2. The Balaban J connectivity index is 2.82. The number of rotatable bonds is 4. The Morgan fingerprint density at radius 1 is 1.54 bits per heavy atom. The Bertz CT molecular complexity index is 294. The minimum Gasteiger partial charge on any atom is -0.494 e. The summed E-state index contributed by atoms with van der Waals surface area (Å²) in [6.07, 6.45) is 0. The first-order valence-electron chi connectivity index (χ1n) is 4.37. The van der Waals surface area contributed by atoms with Gasteiger partial charge in [0, 0.05) is 18.3 Å². The fraction of sp³-hybridized carbons (Fsp3) is 0.273. The van der Waals surface area contributed by atoms with Gasteiger partial charge in [-0.1, -0.05) is 18.7 Å². The van der Waals surface area contributed by atoms with Crippen molar-refractivity contribution >= 4 is 11.4 Å². The molecule has 0 amide bonds. The van der Waals surface area contributed by atoms with Crippen LogP contribution in [0.4, 0.5) is 5.69 Å². The summed E-state index contributed by atoms with van der Waals surface area (Å²) in [5, 5.41) is 3.07. The number of nitrogens with one attached hydrogen (secondary N) is 1. The summed E-state index contributed by atoms with van der Waals surface area (Å²) in [6.45, 7) is 6.45. The minimum absolute atomic E-state index is 0.655. The van der Waals surface area contributed by atoms with E-state index in [9.17, 15) is 0 Å². The Kier molecular flexibility index (Phi) is 3.38. The quantitative estimate of drug-likeness (QED) is 0.714. The van der Waals surface area contributed by atoms with Crippen LogP contribution in [-0.4, -0.2) is 13.7 Å². The molecule has 0 saturated carbocycles. The molecule has 2 nitrogen and oxygen atoms in total. The third-order valence-corrected chi connectivity index (χ3v) is 1.79. The molecule has 0 aliphatic carbocycles. The molecule has 0 unspecified atom stereocenters. The van der Waals surface area contributed by atoms with Crippen molar-refractivity contribution < 1.29 is 4.74 Å². The van der Waals surface area contributed by atoms with Gasteiger partial charge < -0.3 is 10.1 Å². The van der Waals surface area contributed by atoms with E-state index in [-0.39, 0.29) is 0 Å². The second kappa shape index (κ2) is 4.55. The number of hydrogen-bond donors (Lipinski definition) is 1. The highest BCUT2D eigenvalue weighted by molar-refractivity contribution is 5.62. The van der Waals surface area contributed by atoms with Crippen molar-refractivity contribution in [3.63, 3.8) is 0 Å². The van der Waals surface area contributed by atoms with E-state index in [1.807, 2.05) is 38.2 Å². The Labute approximate surface area is 79.2 Å². The summed E-state index contributed by atoms with van der Waals surface area (Å²) in [5.74, 6) is 0.722. The van der Waals surface area contributed by atoms with E-state index < -0.39 is 0 Å². The van der Waals surface area contributed by atoms with E-state index in [0.717, 1.165) is 17.0 Å². The highest BCUT2D eigenvalue weighted by atomic mass is 16.5. The van der Waals surface area contributed by atoms with Gasteiger partial charge in [-0.25, -0.2) is 0 Å². The second-order valence-corrected chi connectivity index (χ2v) is 2.69. The van der Waals surface area contributed by atoms with Crippen molar-refractivity contribution in [1.29, 1.82) is 0 Å². The molecule has 0 saturated heterocycles. The van der Waals surface area contributed by atoms with E-state index in [0.29, 0.717) is 6.61 Å². The van der Waals surface area contributed by atoms with Gasteiger partial charge in [0.2, 0.25) is 0 Å². The predicted molar refractivity (Wildman–Crippen MR) is 56.6 cm³/mol. The average molecular weight is 177 g/mol. The molecule has 1 N–H and O–H groups in total. The van der Waals surface area contributed by atoms with Crippen molar-refractivity contribution in [2.75, 3.05) is 19.0 Å². The zero-order chi connectivity index (χ0) is 9.68. The number of benzene rings is 1. The molecule has 13 heavy (non-hydrogen) atoms. The first-order chi connectivity index (χ1) is 6.27. The maximum atomic E-state index is 5.31. The van der Waals surface area contributed by atoms with Gasteiger partial charge in [-0.05, 0) is 19.1 Å². The largest absolute Gasteiger partial charge is 0.494 e. The molecule has 1 aromatic rings. The van der Waals surface area contributed by atoms with Crippen LogP contribution in [0.2, 0.25) is 0 Å². The first kappa shape index (κ1) is 9.65. The number of ether oxygens (including phenoxy) is 1. The zero-order valence-corrected chi connectivity index (χ0v) is 8.13. The molecule has 0 aliphatic heterocycles. The molecule has 0 bridgehead atoms. The van der Waals surface area contributed by atoms with Gasteiger partial charge in [-0.2, -0.15) is 0 Å². The van der Waals surface area contributed by atoms with Crippen LogP contribution < -0.4 is 5.32 Å². The molecule has 1 rings (SSSR count). The first-order valence-corrected chi connectivity index (χ1v) is 4.37. The zero-order valence-electron chi connectivity index (χ0n) is 8.13. The van der Waals surface area contributed by atoms with Crippen LogP contribution in [0.25, 0.3) is 5.76 Å². The molecule has 0 heterocycles. The van der Waals surface area contributed by atoms with Crippen molar-refractivity contribution in [2.24, 2.45) is 0 Å². The SMILES string of the molecule is C=C(OCC)c1cccc(NC)c1. The van der Waals surface area contributed by atoms with Crippen molar-refractivity contribution in [2.45, 2.75) is 6.92 Å². The molecule has 0 aromatic heterocycles. The van der Waals surface area contributed by atoms with Gasteiger partial charge in [0.05, 0.1) is 6.61 Å². The van der Waals surface area contributed by atoms with Crippen molar-refractivity contribution in [3.8, 4) is 0 Å². The van der Waals surface area contributed by atoms with E-state index in [2.05, 4.69) is 11.9 Å². The van der Waals surface area contributed by atoms with E-state index in [1.54, 1.807) is 0 Å². The molecule has 0 fully saturated rings. The fourth-order valence-corrected chi connectivity index (χ4v) is 1.11. The minimum atomic E-state index is 0.655. The predicted octanol–water partition coefficient (Wildman–Crippen LogP) is 2.74. The Hall–Kier alpha value is -1.44. The maximum absolute atomic E-state index is 5.31. The van der Waals surface area contributed by atoms with E-state index >= 15 is 0 Å². The Morgan fingerprint density at radius 3 is 2.92 bits per heavy atom. The number of anilines is 1. The van der Waals surface area contributed by atoms with Crippen LogP contribution in [-0.2, 0) is 4.74 Å². The van der Waals surface area contributed by atoms with Gasteiger partial charge >= 0.3 is 0 Å². The standard InChI is InChI=1S/C11H15NO/c1-4-13-9(2)10-6-5-7-11(8-10)12-3/h5-8,12H,2,4H2,1,3H3. The summed E-state index contributed by atoms with van der Waals surface area (Å²) in [5.41, 5.74) is 2.09. The third kappa shape index (κ3) is 2.51. The van der Waals surface area contributed by atoms with Crippen molar-refractivity contribution in [1.82, 2.24) is 0 Å². The molecule has 0 atom stereocenters. The van der Waals surface area contributed by atoms with Crippen LogP contribution in [0, 0.1) is 0 Å². The molecule has 0 aliphatic rings. The van der Waals surface area contributed by atoms with Gasteiger partial charge in [0.1, 0.15) is 5.76 Å². The number of hydrogen-bond acceptors (Lipinski definition) is 2. The summed E-state index contributed by atoms with van der Waals surface area (Å²) in [7, 11) is 1.89. The van der Waals surface area contributed by atoms with E-state index in [4.69, 9.17) is 4.74 Å². The lowest BCUT2D eigenvalue weighted by Crippen LogP contribution is -1.92. The highest BCUT2D eigenvalue weighted by Crippen LogP contribution is 2.17.